The molecule has 3 aliphatic rings. The van der Waals surface area contributed by atoms with Crippen LogP contribution in [0.4, 0.5) is 0 Å². The van der Waals surface area contributed by atoms with Crippen molar-refractivity contribution in [1.82, 2.24) is 15.8 Å². The van der Waals surface area contributed by atoms with E-state index in [-0.39, 0.29) is 0 Å². The van der Waals surface area contributed by atoms with Crippen LogP contribution in [-0.4, -0.2) is 37.4 Å². The normalized spacial score (nSPS) is 26.7. The third-order valence-corrected chi connectivity index (χ3v) is 5.40. The second-order valence-electron chi connectivity index (χ2n) is 6.57. The van der Waals surface area contributed by atoms with Crippen molar-refractivity contribution < 1.29 is 4.74 Å². The standard InChI is InChI=1S/C18H24ClN3O/c19-14-3-1-13(2-4-14)18-16-5-9-20-10-6-17(16)21-22(18)15-7-11-23-12-8-15/h1-4,15,18,20-21H,5-12H2. The lowest BCUT2D eigenvalue weighted by Crippen LogP contribution is -2.46. The molecule has 0 bridgehead atoms. The number of nitrogens with zero attached hydrogens (tertiary/aromatic N) is 1. The second-order valence-corrected chi connectivity index (χ2v) is 7.01. The molecule has 3 aliphatic heterocycles. The minimum absolute atomic E-state index is 0.324. The molecular formula is C18H24ClN3O. The van der Waals surface area contributed by atoms with E-state index in [0.29, 0.717) is 12.1 Å². The summed E-state index contributed by atoms with van der Waals surface area (Å²) in [4.78, 5) is 0. The number of nitrogens with one attached hydrogen (secondary N) is 2. The molecule has 1 aromatic carbocycles. The van der Waals surface area contributed by atoms with E-state index in [1.54, 1.807) is 5.57 Å². The molecular weight excluding hydrogens is 310 g/mol. The van der Waals surface area contributed by atoms with Gasteiger partial charge in [-0.3, -0.25) is 0 Å². The van der Waals surface area contributed by atoms with Crippen molar-refractivity contribution in [1.29, 1.82) is 0 Å². The zero-order valence-electron chi connectivity index (χ0n) is 13.4. The van der Waals surface area contributed by atoms with Gasteiger partial charge in [0.05, 0.1) is 6.04 Å². The predicted octanol–water partition coefficient (Wildman–Crippen LogP) is 3.02. The third-order valence-electron chi connectivity index (χ3n) is 5.15. The number of hydrogen-bond donors (Lipinski definition) is 2. The lowest BCUT2D eigenvalue weighted by molar-refractivity contribution is 0.0101. The van der Waals surface area contributed by atoms with E-state index in [0.717, 1.165) is 57.0 Å². The van der Waals surface area contributed by atoms with Crippen LogP contribution < -0.4 is 10.7 Å². The molecule has 0 radical (unpaired) electrons. The van der Waals surface area contributed by atoms with Gasteiger partial charge in [0.2, 0.25) is 0 Å². The van der Waals surface area contributed by atoms with E-state index in [1.807, 2.05) is 12.1 Å². The molecule has 0 aliphatic carbocycles. The van der Waals surface area contributed by atoms with Crippen molar-refractivity contribution in [3.8, 4) is 0 Å². The van der Waals surface area contributed by atoms with Gasteiger partial charge < -0.3 is 15.5 Å². The van der Waals surface area contributed by atoms with Crippen LogP contribution in [0.15, 0.2) is 35.5 Å². The summed E-state index contributed by atoms with van der Waals surface area (Å²) in [5.74, 6) is 0. The van der Waals surface area contributed by atoms with Crippen molar-refractivity contribution in [3.05, 3.63) is 46.1 Å². The zero-order chi connectivity index (χ0) is 15.6. The summed E-state index contributed by atoms with van der Waals surface area (Å²) in [6, 6.07) is 9.22. The Labute approximate surface area is 142 Å². The van der Waals surface area contributed by atoms with Gasteiger partial charge in [0.15, 0.2) is 0 Å². The van der Waals surface area contributed by atoms with Crippen molar-refractivity contribution in [3.63, 3.8) is 0 Å². The highest BCUT2D eigenvalue weighted by Crippen LogP contribution is 2.40. The number of benzene rings is 1. The number of ether oxygens (including phenoxy) is 1. The fraction of sp³-hybridized carbons (Fsp3) is 0.556. The Balaban J connectivity index is 1.67. The molecule has 1 atom stereocenters. The maximum atomic E-state index is 6.10. The van der Waals surface area contributed by atoms with Gasteiger partial charge in [-0.05, 0) is 49.1 Å². The molecule has 2 N–H and O–H groups in total. The monoisotopic (exact) mass is 333 g/mol. The molecule has 4 nitrogen and oxygen atoms in total. The van der Waals surface area contributed by atoms with Crippen molar-refractivity contribution in [2.75, 3.05) is 26.3 Å². The molecule has 1 unspecified atom stereocenters. The molecule has 5 heteroatoms. The second kappa shape index (κ2) is 6.81. The number of hydrogen-bond acceptors (Lipinski definition) is 4. The molecule has 0 amide bonds. The van der Waals surface area contributed by atoms with E-state index >= 15 is 0 Å². The average molecular weight is 334 g/mol. The zero-order valence-corrected chi connectivity index (χ0v) is 14.1. The van der Waals surface area contributed by atoms with Gasteiger partial charge in [0, 0.05) is 42.9 Å². The summed E-state index contributed by atoms with van der Waals surface area (Å²) in [7, 11) is 0. The van der Waals surface area contributed by atoms with Crippen molar-refractivity contribution in [2.24, 2.45) is 0 Å². The van der Waals surface area contributed by atoms with Gasteiger partial charge in [-0.25, -0.2) is 5.01 Å². The molecule has 0 saturated carbocycles. The maximum absolute atomic E-state index is 6.10. The van der Waals surface area contributed by atoms with Crippen LogP contribution >= 0.6 is 11.6 Å². The fourth-order valence-electron chi connectivity index (χ4n) is 3.96. The number of hydrazine groups is 1. The molecule has 4 rings (SSSR count). The summed E-state index contributed by atoms with van der Waals surface area (Å²) < 4.78 is 5.56. The highest BCUT2D eigenvalue weighted by Gasteiger charge is 2.38. The molecule has 0 spiro atoms. The van der Waals surface area contributed by atoms with Gasteiger partial charge >= 0.3 is 0 Å². The van der Waals surface area contributed by atoms with Crippen LogP contribution in [0.5, 0.6) is 0 Å². The van der Waals surface area contributed by atoms with Crippen LogP contribution in [0.2, 0.25) is 5.02 Å². The van der Waals surface area contributed by atoms with Crippen LogP contribution in [-0.2, 0) is 4.74 Å². The first kappa shape index (κ1) is 15.5. The van der Waals surface area contributed by atoms with Gasteiger partial charge in [-0.2, -0.15) is 0 Å². The van der Waals surface area contributed by atoms with E-state index < -0.39 is 0 Å². The highest BCUT2D eigenvalue weighted by molar-refractivity contribution is 6.30. The van der Waals surface area contributed by atoms with Crippen LogP contribution in [0.1, 0.15) is 37.3 Å². The lowest BCUT2D eigenvalue weighted by Gasteiger charge is -2.37. The summed E-state index contributed by atoms with van der Waals surface area (Å²) in [5, 5.41) is 6.80. The Morgan fingerprint density at radius 1 is 1.04 bits per heavy atom. The molecule has 1 fully saturated rings. The molecule has 124 valence electrons. The van der Waals surface area contributed by atoms with Crippen molar-refractivity contribution >= 4 is 11.6 Å². The summed E-state index contributed by atoms with van der Waals surface area (Å²) in [6.07, 6.45) is 4.38. The fourth-order valence-corrected chi connectivity index (χ4v) is 4.09. The Bertz CT molecular complexity index is 580. The van der Waals surface area contributed by atoms with Crippen molar-refractivity contribution in [2.45, 2.75) is 37.8 Å². The van der Waals surface area contributed by atoms with Gasteiger partial charge in [-0.1, -0.05) is 23.7 Å². The first-order chi connectivity index (χ1) is 11.3. The van der Waals surface area contributed by atoms with E-state index in [9.17, 15) is 0 Å². The number of rotatable bonds is 2. The Morgan fingerprint density at radius 2 is 1.78 bits per heavy atom. The van der Waals surface area contributed by atoms with Crippen LogP contribution in [0.3, 0.4) is 0 Å². The minimum Gasteiger partial charge on any atom is -0.381 e. The molecule has 1 saturated heterocycles. The first-order valence-electron chi connectivity index (χ1n) is 8.64. The quantitative estimate of drug-likeness (QED) is 0.872. The topological polar surface area (TPSA) is 36.5 Å². The predicted molar refractivity (Wildman–Crippen MR) is 92.1 cm³/mol. The lowest BCUT2D eigenvalue weighted by atomic mass is 9.93. The average Bonchev–Trinajstić information content (AvgIpc) is 2.79. The summed E-state index contributed by atoms with van der Waals surface area (Å²) in [5.41, 5.74) is 8.05. The van der Waals surface area contributed by atoms with Gasteiger partial charge in [-0.15, -0.1) is 0 Å². The SMILES string of the molecule is Clc1ccc(C2C3=C(CCNCC3)NN2C2CCOCC2)cc1. The van der Waals surface area contributed by atoms with E-state index in [1.165, 1.54) is 11.3 Å². The van der Waals surface area contributed by atoms with Gasteiger partial charge in [0.1, 0.15) is 0 Å². The van der Waals surface area contributed by atoms with E-state index in [4.69, 9.17) is 16.3 Å². The van der Waals surface area contributed by atoms with Crippen LogP contribution in [0.25, 0.3) is 0 Å². The Hall–Kier alpha value is -1.07. The highest BCUT2D eigenvalue weighted by atomic mass is 35.5. The van der Waals surface area contributed by atoms with E-state index in [2.05, 4.69) is 27.9 Å². The van der Waals surface area contributed by atoms with Crippen LogP contribution in [0, 0.1) is 0 Å². The number of halogens is 1. The summed E-state index contributed by atoms with van der Waals surface area (Å²) >= 11 is 6.10. The molecule has 3 heterocycles. The first-order valence-corrected chi connectivity index (χ1v) is 9.01. The molecule has 0 aromatic heterocycles. The smallest absolute Gasteiger partial charge is 0.0774 e. The maximum Gasteiger partial charge on any atom is 0.0774 e. The Kier molecular flexibility index (Phi) is 4.58. The largest absolute Gasteiger partial charge is 0.381 e. The summed E-state index contributed by atoms with van der Waals surface area (Å²) in [6.45, 7) is 3.85. The molecule has 1 aromatic rings. The minimum atomic E-state index is 0.324. The third kappa shape index (κ3) is 3.13. The Morgan fingerprint density at radius 3 is 2.57 bits per heavy atom. The molecule has 23 heavy (non-hydrogen) atoms. The van der Waals surface area contributed by atoms with Gasteiger partial charge in [0.25, 0.3) is 0 Å².